The molecule has 0 fully saturated rings. The monoisotopic (exact) mass is 289 g/mol. The molecule has 0 saturated carbocycles. The number of rotatable bonds is 2. The van der Waals surface area contributed by atoms with E-state index in [1.165, 1.54) is 6.07 Å². The van der Waals surface area contributed by atoms with Crippen molar-refractivity contribution >= 4 is 17.4 Å². The highest BCUT2D eigenvalue weighted by atomic mass is 35.5. The Balaban J connectivity index is 2.25. The molecule has 20 heavy (non-hydrogen) atoms. The van der Waals surface area contributed by atoms with Gasteiger partial charge in [0.2, 0.25) is 0 Å². The van der Waals surface area contributed by atoms with Crippen molar-refractivity contribution in [3.05, 3.63) is 53.6 Å². The first-order valence-electron chi connectivity index (χ1n) is 5.78. The molecule has 2 aromatic heterocycles. The molecule has 0 unspecified atom stereocenters. The van der Waals surface area contributed by atoms with Crippen LogP contribution in [0.1, 0.15) is 0 Å². The molecule has 0 spiro atoms. The Morgan fingerprint density at radius 3 is 2.80 bits per heavy atom. The van der Waals surface area contributed by atoms with Crippen LogP contribution in [0.4, 0.5) is 10.2 Å². The van der Waals surface area contributed by atoms with E-state index in [9.17, 15) is 4.39 Å². The molecule has 0 aliphatic carbocycles. The SMILES string of the molecule is Nc1noc(-c2cccnc2)c1-c1cccc(Cl)c1F. The number of hydrogen-bond acceptors (Lipinski definition) is 4. The van der Waals surface area contributed by atoms with Gasteiger partial charge >= 0.3 is 0 Å². The lowest BCUT2D eigenvalue weighted by Gasteiger charge is -2.05. The summed E-state index contributed by atoms with van der Waals surface area (Å²) in [5.41, 5.74) is 7.07. The first kappa shape index (κ1) is 12.6. The summed E-state index contributed by atoms with van der Waals surface area (Å²) in [5.74, 6) is -0.101. The maximum atomic E-state index is 14.2. The molecule has 2 N–H and O–H groups in total. The molecular formula is C14H9ClFN3O. The summed E-state index contributed by atoms with van der Waals surface area (Å²) in [6.07, 6.45) is 3.22. The van der Waals surface area contributed by atoms with Crippen molar-refractivity contribution in [2.75, 3.05) is 5.73 Å². The van der Waals surface area contributed by atoms with E-state index in [1.54, 1.807) is 36.7 Å². The van der Waals surface area contributed by atoms with E-state index >= 15 is 0 Å². The summed E-state index contributed by atoms with van der Waals surface area (Å²) in [6.45, 7) is 0. The second-order valence-electron chi connectivity index (χ2n) is 4.12. The van der Waals surface area contributed by atoms with Crippen molar-refractivity contribution in [2.45, 2.75) is 0 Å². The third-order valence-corrected chi connectivity index (χ3v) is 3.16. The minimum atomic E-state index is -0.561. The standard InChI is InChI=1S/C14H9ClFN3O/c15-10-5-1-4-9(12(10)16)11-13(20-19-14(11)17)8-3-2-6-18-7-8/h1-7H,(H2,17,19). The fraction of sp³-hybridized carbons (Fsp3) is 0. The zero-order chi connectivity index (χ0) is 14.1. The van der Waals surface area contributed by atoms with Crippen LogP contribution in [0.3, 0.4) is 0 Å². The molecule has 0 radical (unpaired) electrons. The van der Waals surface area contributed by atoms with Crippen LogP contribution in [0, 0.1) is 5.82 Å². The molecule has 100 valence electrons. The number of nitrogen functional groups attached to an aromatic ring is 1. The highest BCUT2D eigenvalue weighted by Crippen LogP contribution is 2.38. The molecule has 0 bridgehead atoms. The van der Waals surface area contributed by atoms with Crippen LogP contribution in [0.2, 0.25) is 5.02 Å². The Labute approximate surface area is 119 Å². The van der Waals surface area contributed by atoms with Crippen molar-refractivity contribution < 1.29 is 8.91 Å². The number of aromatic nitrogens is 2. The van der Waals surface area contributed by atoms with Gasteiger partial charge in [-0.15, -0.1) is 0 Å². The molecule has 1 aromatic carbocycles. The second-order valence-corrected chi connectivity index (χ2v) is 4.52. The third-order valence-electron chi connectivity index (χ3n) is 2.86. The molecular weight excluding hydrogens is 281 g/mol. The largest absolute Gasteiger partial charge is 0.380 e. The molecule has 6 heteroatoms. The molecule has 0 amide bonds. The van der Waals surface area contributed by atoms with Crippen molar-refractivity contribution in [2.24, 2.45) is 0 Å². The van der Waals surface area contributed by atoms with Gasteiger partial charge in [0.05, 0.1) is 10.6 Å². The average Bonchev–Trinajstić information content (AvgIpc) is 2.85. The normalized spacial score (nSPS) is 10.7. The van der Waals surface area contributed by atoms with Gasteiger partial charge in [0.25, 0.3) is 0 Å². The Hall–Kier alpha value is -2.40. The highest BCUT2D eigenvalue weighted by molar-refractivity contribution is 6.31. The van der Waals surface area contributed by atoms with Crippen LogP contribution >= 0.6 is 11.6 Å². The number of pyridine rings is 1. The molecule has 0 saturated heterocycles. The first-order valence-corrected chi connectivity index (χ1v) is 6.16. The fourth-order valence-corrected chi connectivity index (χ4v) is 2.13. The van der Waals surface area contributed by atoms with Gasteiger partial charge in [0.15, 0.2) is 11.6 Å². The van der Waals surface area contributed by atoms with Crippen LogP contribution < -0.4 is 5.73 Å². The summed E-state index contributed by atoms with van der Waals surface area (Å²) in [7, 11) is 0. The van der Waals surface area contributed by atoms with E-state index in [4.69, 9.17) is 21.9 Å². The molecule has 3 aromatic rings. The Morgan fingerprint density at radius 2 is 2.05 bits per heavy atom. The molecule has 4 nitrogen and oxygen atoms in total. The second kappa shape index (κ2) is 4.94. The van der Waals surface area contributed by atoms with E-state index < -0.39 is 5.82 Å². The van der Waals surface area contributed by atoms with Crippen LogP contribution in [-0.4, -0.2) is 10.1 Å². The summed E-state index contributed by atoms with van der Waals surface area (Å²) in [5, 5.41) is 3.72. The Morgan fingerprint density at radius 1 is 1.20 bits per heavy atom. The topological polar surface area (TPSA) is 64.9 Å². The quantitative estimate of drug-likeness (QED) is 0.780. The van der Waals surface area contributed by atoms with Gasteiger partial charge < -0.3 is 10.3 Å². The first-order chi connectivity index (χ1) is 9.68. The van der Waals surface area contributed by atoms with Crippen LogP contribution in [0.25, 0.3) is 22.5 Å². The zero-order valence-corrected chi connectivity index (χ0v) is 10.9. The van der Waals surface area contributed by atoms with E-state index in [-0.39, 0.29) is 16.4 Å². The molecule has 0 atom stereocenters. The number of benzene rings is 1. The summed E-state index contributed by atoms with van der Waals surface area (Å²) < 4.78 is 19.4. The van der Waals surface area contributed by atoms with Gasteiger partial charge in [-0.3, -0.25) is 4.98 Å². The number of nitrogens with two attached hydrogens (primary N) is 1. The third kappa shape index (κ3) is 2.02. The lowest BCUT2D eigenvalue weighted by molar-refractivity contribution is 0.436. The van der Waals surface area contributed by atoms with Gasteiger partial charge in [-0.25, -0.2) is 4.39 Å². The van der Waals surface area contributed by atoms with E-state index in [2.05, 4.69) is 10.1 Å². The van der Waals surface area contributed by atoms with Gasteiger partial charge in [0.1, 0.15) is 5.82 Å². The Bertz CT molecular complexity index is 758. The lowest BCUT2D eigenvalue weighted by atomic mass is 10.0. The molecule has 0 aliphatic rings. The fourth-order valence-electron chi connectivity index (χ4n) is 1.95. The smallest absolute Gasteiger partial charge is 0.178 e. The van der Waals surface area contributed by atoms with Crippen molar-refractivity contribution in [3.8, 4) is 22.5 Å². The van der Waals surface area contributed by atoms with Crippen LogP contribution in [0.5, 0.6) is 0 Å². The predicted octanol–water partition coefficient (Wildman–Crippen LogP) is 3.78. The van der Waals surface area contributed by atoms with E-state index in [1.807, 2.05) is 0 Å². The zero-order valence-electron chi connectivity index (χ0n) is 10.2. The molecule has 2 heterocycles. The number of hydrogen-bond donors (Lipinski definition) is 1. The summed E-state index contributed by atoms with van der Waals surface area (Å²) in [6, 6.07) is 8.20. The van der Waals surface area contributed by atoms with E-state index in [0.717, 1.165) is 0 Å². The lowest BCUT2D eigenvalue weighted by Crippen LogP contribution is -1.92. The average molecular weight is 290 g/mol. The van der Waals surface area contributed by atoms with Gasteiger partial charge in [0, 0.05) is 23.5 Å². The minimum absolute atomic E-state index is 0.0141. The predicted molar refractivity (Wildman–Crippen MR) is 74.6 cm³/mol. The number of halogens is 2. The van der Waals surface area contributed by atoms with Crippen LogP contribution in [0.15, 0.2) is 47.2 Å². The molecule has 0 aliphatic heterocycles. The van der Waals surface area contributed by atoms with Crippen molar-refractivity contribution in [3.63, 3.8) is 0 Å². The Kier molecular flexibility index (Phi) is 3.12. The number of nitrogens with zero attached hydrogens (tertiary/aromatic N) is 2. The maximum Gasteiger partial charge on any atom is 0.178 e. The van der Waals surface area contributed by atoms with Crippen molar-refractivity contribution in [1.82, 2.24) is 10.1 Å². The molecule has 3 rings (SSSR count). The summed E-state index contributed by atoms with van der Waals surface area (Å²) in [4.78, 5) is 4.00. The highest BCUT2D eigenvalue weighted by Gasteiger charge is 2.21. The number of anilines is 1. The minimum Gasteiger partial charge on any atom is -0.380 e. The van der Waals surface area contributed by atoms with E-state index in [0.29, 0.717) is 16.9 Å². The van der Waals surface area contributed by atoms with Gasteiger partial charge in [-0.1, -0.05) is 28.9 Å². The maximum absolute atomic E-state index is 14.2. The van der Waals surface area contributed by atoms with Gasteiger partial charge in [-0.2, -0.15) is 0 Å². The van der Waals surface area contributed by atoms with Gasteiger partial charge in [-0.05, 0) is 18.2 Å². The van der Waals surface area contributed by atoms with Crippen molar-refractivity contribution in [1.29, 1.82) is 0 Å². The summed E-state index contributed by atoms with van der Waals surface area (Å²) >= 11 is 5.80. The van der Waals surface area contributed by atoms with Crippen LogP contribution in [-0.2, 0) is 0 Å².